The van der Waals surface area contributed by atoms with Crippen LogP contribution in [0, 0.1) is 5.92 Å². The maximum atomic E-state index is 13.6. The van der Waals surface area contributed by atoms with Crippen molar-refractivity contribution in [1.29, 1.82) is 0 Å². The molecule has 1 aliphatic rings. The minimum atomic E-state index is -3.97. The van der Waals surface area contributed by atoms with E-state index in [1.165, 1.54) is 10.4 Å². The second-order valence-electron chi connectivity index (χ2n) is 10.6. The van der Waals surface area contributed by atoms with Gasteiger partial charge in [0.15, 0.2) is 0 Å². The Hall–Kier alpha value is -3.31. The highest BCUT2D eigenvalue weighted by Crippen LogP contribution is 2.24. The Kier molecular flexibility index (Phi) is 7.96. The van der Waals surface area contributed by atoms with Crippen molar-refractivity contribution in [2.75, 3.05) is 26.2 Å². The van der Waals surface area contributed by atoms with Crippen LogP contribution in [0.15, 0.2) is 94.7 Å². The summed E-state index contributed by atoms with van der Waals surface area (Å²) in [5.41, 5.74) is 0. The van der Waals surface area contributed by atoms with Crippen molar-refractivity contribution in [3.8, 4) is 0 Å². The van der Waals surface area contributed by atoms with Gasteiger partial charge in [-0.05, 0) is 58.1 Å². The van der Waals surface area contributed by atoms with E-state index in [2.05, 4.69) is 4.72 Å². The molecule has 4 aromatic rings. The highest BCUT2D eigenvalue weighted by atomic mass is 32.2. The molecule has 1 heterocycles. The Morgan fingerprint density at radius 3 is 1.77 bits per heavy atom. The number of piperazine rings is 1. The van der Waals surface area contributed by atoms with Gasteiger partial charge in [0.1, 0.15) is 6.04 Å². The van der Waals surface area contributed by atoms with Crippen molar-refractivity contribution in [1.82, 2.24) is 13.9 Å². The number of fused-ring (bicyclic) bond motifs is 2. The van der Waals surface area contributed by atoms with Crippen LogP contribution in [0.5, 0.6) is 0 Å². The molecule has 1 atom stereocenters. The van der Waals surface area contributed by atoms with Gasteiger partial charge in [0.2, 0.25) is 26.0 Å². The van der Waals surface area contributed by atoms with Gasteiger partial charge in [-0.1, -0.05) is 74.5 Å². The highest BCUT2D eigenvalue weighted by Gasteiger charge is 2.34. The molecule has 4 aromatic carbocycles. The summed E-state index contributed by atoms with van der Waals surface area (Å²) in [5.74, 6) is -0.288. The third kappa shape index (κ3) is 5.90. The van der Waals surface area contributed by atoms with Crippen molar-refractivity contribution >= 4 is 47.5 Å². The molecular formula is C30H33N3O5S2. The standard InChI is InChI=1S/C30H33N3O5S2/c1-22(2)19-29(31-39(35,36)27-13-11-23-7-3-5-9-25(23)20-27)30(34)32-15-17-33(18-16-32)40(37,38)28-14-12-24-8-4-6-10-26(24)21-28/h3-14,20-22,29,31H,15-19H2,1-2H3. The highest BCUT2D eigenvalue weighted by molar-refractivity contribution is 7.89. The van der Waals surface area contributed by atoms with Gasteiger partial charge in [0, 0.05) is 26.2 Å². The minimum Gasteiger partial charge on any atom is -0.339 e. The third-order valence-corrected chi connectivity index (χ3v) is 10.6. The zero-order valence-corrected chi connectivity index (χ0v) is 24.2. The van der Waals surface area contributed by atoms with E-state index in [4.69, 9.17) is 0 Å². The molecule has 1 fully saturated rings. The average molecular weight is 580 g/mol. The van der Waals surface area contributed by atoms with Crippen LogP contribution in [0.25, 0.3) is 21.5 Å². The fourth-order valence-corrected chi connectivity index (χ4v) is 7.80. The minimum absolute atomic E-state index is 0.0582. The summed E-state index contributed by atoms with van der Waals surface area (Å²) in [7, 11) is -7.71. The molecule has 0 spiro atoms. The van der Waals surface area contributed by atoms with Gasteiger partial charge in [0.25, 0.3) is 0 Å². The Labute approximate surface area is 235 Å². The molecule has 1 amide bonds. The lowest BCUT2D eigenvalue weighted by molar-refractivity contribution is -0.134. The van der Waals surface area contributed by atoms with Gasteiger partial charge in [-0.2, -0.15) is 9.03 Å². The van der Waals surface area contributed by atoms with Crippen molar-refractivity contribution < 1.29 is 21.6 Å². The van der Waals surface area contributed by atoms with E-state index in [1.54, 1.807) is 35.2 Å². The number of rotatable bonds is 8. The van der Waals surface area contributed by atoms with Crippen LogP contribution in [0.4, 0.5) is 0 Å². The van der Waals surface area contributed by atoms with Crippen LogP contribution in [0.3, 0.4) is 0 Å². The monoisotopic (exact) mass is 579 g/mol. The van der Waals surface area contributed by atoms with Crippen LogP contribution >= 0.6 is 0 Å². The maximum Gasteiger partial charge on any atom is 0.243 e. The third-order valence-electron chi connectivity index (χ3n) is 7.24. The van der Waals surface area contributed by atoms with E-state index in [-0.39, 0.29) is 47.8 Å². The van der Waals surface area contributed by atoms with E-state index < -0.39 is 26.1 Å². The summed E-state index contributed by atoms with van der Waals surface area (Å²) in [6.45, 7) is 4.48. The summed E-state index contributed by atoms with van der Waals surface area (Å²) in [6, 6.07) is 24.1. The lowest BCUT2D eigenvalue weighted by Crippen LogP contribution is -2.56. The smallest absolute Gasteiger partial charge is 0.243 e. The molecule has 210 valence electrons. The maximum absolute atomic E-state index is 13.6. The van der Waals surface area contributed by atoms with Crippen molar-refractivity contribution in [3.05, 3.63) is 84.9 Å². The number of hydrogen-bond acceptors (Lipinski definition) is 5. The number of nitrogens with zero attached hydrogens (tertiary/aromatic N) is 2. The first-order chi connectivity index (χ1) is 19.0. The quantitative estimate of drug-likeness (QED) is 0.337. The lowest BCUT2D eigenvalue weighted by Gasteiger charge is -2.36. The zero-order chi connectivity index (χ0) is 28.5. The first kappa shape index (κ1) is 28.2. The summed E-state index contributed by atoms with van der Waals surface area (Å²) in [6.07, 6.45) is 0.321. The molecule has 5 rings (SSSR count). The zero-order valence-electron chi connectivity index (χ0n) is 22.5. The van der Waals surface area contributed by atoms with E-state index in [0.717, 1.165) is 21.5 Å². The van der Waals surface area contributed by atoms with Crippen LogP contribution in [0.2, 0.25) is 0 Å². The SMILES string of the molecule is CC(C)CC(NS(=O)(=O)c1ccc2ccccc2c1)C(=O)N1CCN(S(=O)(=O)c2ccc3ccccc3c2)CC1. The van der Waals surface area contributed by atoms with E-state index in [9.17, 15) is 21.6 Å². The molecule has 1 aliphatic heterocycles. The normalized spacial score (nSPS) is 16.0. The number of nitrogens with one attached hydrogen (secondary N) is 1. The number of benzene rings is 4. The molecule has 0 radical (unpaired) electrons. The number of carbonyl (C=O) groups excluding carboxylic acids is 1. The Morgan fingerprint density at radius 2 is 1.23 bits per heavy atom. The second kappa shape index (κ2) is 11.3. The van der Waals surface area contributed by atoms with Crippen LogP contribution in [-0.4, -0.2) is 64.2 Å². The molecule has 1 N–H and O–H groups in total. The summed E-state index contributed by atoms with van der Waals surface area (Å²) in [5, 5.41) is 3.51. The second-order valence-corrected chi connectivity index (χ2v) is 14.2. The van der Waals surface area contributed by atoms with E-state index in [1.807, 2.05) is 62.4 Å². The molecule has 8 nitrogen and oxygen atoms in total. The van der Waals surface area contributed by atoms with Gasteiger partial charge in [-0.15, -0.1) is 0 Å². The molecule has 1 unspecified atom stereocenters. The number of carbonyl (C=O) groups is 1. The Bertz CT molecular complexity index is 1760. The molecule has 0 aromatic heterocycles. The van der Waals surface area contributed by atoms with Gasteiger partial charge >= 0.3 is 0 Å². The molecule has 0 aliphatic carbocycles. The fraction of sp³-hybridized carbons (Fsp3) is 0.300. The number of amides is 1. The lowest BCUT2D eigenvalue weighted by atomic mass is 10.0. The molecular weight excluding hydrogens is 546 g/mol. The number of sulfonamides is 2. The van der Waals surface area contributed by atoms with E-state index >= 15 is 0 Å². The average Bonchev–Trinajstić information content (AvgIpc) is 2.95. The van der Waals surface area contributed by atoms with Crippen LogP contribution in [0.1, 0.15) is 20.3 Å². The Morgan fingerprint density at radius 1 is 0.725 bits per heavy atom. The molecule has 0 bridgehead atoms. The summed E-state index contributed by atoms with van der Waals surface area (Å²) < 4.78 is 57.4. The number of hydrogen-bond donors (Lipinski definition) is 1. The Balaban J connectivity index is 1.30. The van der Waals surface area contributed by atoms with Gasteiger partial charge < -0.3 is 4.90 Å². The topological polar surface area (TPSA) is 104 Å². The first-order valence-electron chi connectivity index (χ1n) is 13.3. The van der Waals surface area contributed by atoms with Crippen LogP contribution < -0.4 is 4.72 Å². The van der Waals surface area contributed by atoms with Crippen LogP contribution in [-0.2, 0) is 24.8 Å². The predicted octanol–water partition coefficient (Wildman–Crippen LogP) is 4.22. The predicted molar refractivity (Wildman–Crippen MR) is 157 cm³/mol. The van der Waals surface area contributed by atoms with E-state index in [0.29, 0.717) is 6.42 Å². The van der Waals surface area contributed by atoms with Crippen molar-refractivity contribution in [2.45, 2.75) is 36.1 Å². The summed E-state index contributed by atoms with van der Waals surface area (Å²) in [4.78, 5) is 15.4. The molecule has 10 heteroatoms. The molecule has 40 heavy (non-hydrogen) atoms. The van der Waals surface area contributed by atoms with Crippen molar-refractivity contribution in [2.24, 2.45) is 5.92 Å². The molecule has 1 saturated heterocycles. The summed E-state index contributed by atoms with van der Waals surface area (Å²) >= 11 is 0. The largest absolute Gasteiger partial charge is 0.339 e. The van der Waals surface area contributed by atoms with Gasteiger partial charge in [-0.25, -0.2) is 16.8 Å². The fourth-order valence-electron chi connectivity index (χ4n) is 5.11. The van der Waals surface area contributed by atoms with Crippen molar-refractivity contribution in [3.63, 3.8) is 0 Å². The van der Waals surface area contributed by atoms with Gasteiger partial charge in [0.05, 0.1) is 9.79 Å². The first-order valence-corrected chi connectivity index (χ1v) is 16.3. The van der Waals surface area contributed by atoms with Gasteiger partial charge in [-0.3, -0.25) is 4.79 Å². The molecule has 0 saturated carbocycles.